The van der Waals surface area contributed by atoms with E-state index in [9.17, 15) is 4.39 Å². The van der Waals surface area contributed by atoms with Crippen molar-refractivity contribution in [3.05, 3.63) is 29.6 Å². The molecular formula is C21H33FN4O2. The van der Waals surface area contributed by atoms with Gasteiger partial charge in [-0.3, -0.25) is 9.89 Å². The molecule has 0 unspecified atom stereocenters. The zero-order valence-electron chi connectivity index (χ0n) is 17.1. The Kier molecular flexibility index (Phi) is 7.91. The van der Waals surface area contributed by atoms with Crippen molar-refractivity contribution in [3.8, 4) is 5.75 Å². The second kappa shape index (κ2) is 10.6. The van der Waals surface area contributed by atoms with Gasteiger partial charge in [-0.05, 0) is 43.4 Å². The first kappa shape index (κ1) is 20.9. The van der Waals surface area contributed by atoms with Gasteiger partial charge in [-0.1, -0.05) is 6.07 Å². The SMILES string of the molecule is CCNC(=NCCOCC1CC1)N1CCN(Cc2ccc(OC)c(F)c2)CC1. The Morgan fingerprint density at radius 2 is 2.04 bits per heavy atom. The van der Waals surface area contributed by atoms with Gasteiger partial charge in [0.2, 0.25) is 0 Å². The molecule has 1 saturated carbocycles. The molecule has 2 fully saturated rings. The summed E-state index contributed by atoms with van der Waals surface area (Å²) >= 11 is 0. The number of ether oxygens (including phenoxy) is 2. The molecule has 0 amide bonds. The second-order valence-electron chi connectivity index (χ2n) is 7.49. The van der Waals surface area contributed by atoms with Crippen LogP contribution in [0.2, 0.25) is 0 Å². The van der Waals surface area contributed by atoms with Crippen LogP contribution in [0.1, 0.15) is 25.3 Å². The Hall–Kier alpha value is -1.86. The van der Waals surface area contributed by atoms with Gasteiger partial charge >= 0.3 is 0 Å². The first-order valence-corrected chi connectivity index (χ1v) is 10.4. The van der Waals surface area contributed by atoms with Crippen molar-refractivity contribution in [2.24, 2.45) is 10.9 Å². The van der Waals surface area contributed by atoms with Gasteiger partial charge in [-0.25, -0.2) is 4.39 Å². The summed E-state index contributed by atoms with van der Waals surface area (Å²) in [5.74, 6) is 1.75. The molecular weight excluding hydrogens is 359 g/mol. The quantitative estimate of drug-likeness (QED) is 0.397. The zero-order valence-corrected chi connectivity index (χ0v) is 17.1. The smallest absolute Gasteiger partial charge is 0.194 e. The fourth-order valence-electron chi connectivity index (χ4n) is 3.36. The Morgan fingerprint density at radius 3 is 2.68 bits per heavy atom. The maximum atomic E-state index is 13.9. The van der Waals surface area contributed by atoms with E-state index in [4.69, 9.17) is 14.5 Å². The molecule has 0 aromatic heterocycles. The highest BCUT2D eigenvalue weighted by molar-refractivity contribution is 5.80. The summed E-state index contributed by atoms with van der Waals surface area (Å²) in [6.45, 7) is 9.64. The van der Waals surface area contributed by atoms with Gasteiger partial charge in [0, 0.05) is 45.9 Å². The third-order valence-electron chi connectivity index (χ3n) is 5.18. The number of piperazine rings is 1. The van der Waals surface area contributed by atoms with Gasteiger partial charge in [0.1, 0.15) is 0 Å². The average molecular weight is 393 g/mol. The summed E-state index contributed by atoms with van der Waals surface area (Å²) in [6.07, 6.45) is 2.64. The molecule has 3 rings (SSSR count). The Bertz CT molecular complexity index is 643. The fraction of sp³-hybridized carbons (Fsp3) is 0.667. The largest absolute Gasteiger partial charge is 0.494 e. The minimum absolute atomic E-state index is 0.293. The van der Waals surface area contributed by atoms with E-state index >= 15 is 0 Å². The highest BCUT2D eigenvalue weighted by Gasteiger charge is 2.21. The molecule has 1 saturated heterocycles. The van der Waals surface area contributed by atoms with Crippen molar-refractivity contribution < 1.29 is 13.9 Å². The summed E-state index contributed by atoms with van der Waals surface area (Å²) in [5.41, 5.74) is 0.972. The van der Waals surface area contributed by atoms with E-state index < -0.39 is 0 Å². The van der Waals surface area contributed by atoms with E-state index in [1.54, 1.807) is 12.1 Å². The standard InChI is InChI=1S/C21H33FN4O2/c1-3-23-21(24-8-13-28-16-17-4-5-17)26-11-9-25(10-12-26)15-18-6-7-20(27-2)19(22)14-18/h6-7,14,17H,3-5,8-13,15-16H2,1-2H3,(H,23,24). The number of halogens is 1. The summed E-state index contributed by atoms with van der Waals surface area (Å²) in [7, 11) is 1.49. The second-order valence-corrected chi connectivity index (χ2v) is 7.49. The minimum atomic E-state index is -0.302. The lowest BCUT2D eigenvalue weighted by atomic mass is 10.2. The first-order chi connectivity index (χ1) is 13.7. The third kappa shape index (κ3) is 6.34. The van der Waals surface area contributed by atoms with Crippen LogP contribution >= 0.6 is 0 Å². The Balaban J connectivity index is 1.44. The van der Waals surface area contributed by atoms with E-state index in [1.807, 2.05) is 6.07 Å². The van der Waals surface area contributed by atoms with Crippen LogP contribution in [0.3, 0.4) is 0 Å². The van der Waals surface area contributed by atoms with Gasteiger partial charge in [-0.15, -0.1) is 0 Å². The molecule has 0 atom stereocenters. The van der Waals surface area contributed by atoms with E-state index in [0.29, 0.717) is 18.9 Å². The number of methoxy groups -OCH3 is 1. The monoisotopic (exact) mass is 392 g/mol. The van der Waals surface area contributed by atoms with Gasteiger partial charge in [0.05, 0.1) is 20.3 Å². The first-order valence-electron chi connectivity index (χ1n) is 10.4. The number of hydrogen-bond acceptors (Lipinski definition) is 4. The summed E-state index contributed by atoms with van der Waals surface area (Å²) < 4.78 is 24.6. The lowest BCUT2D eigenvalue weighted by Gasteiger charge is -2.36. The number of rotatable bonds is 9. The molecule has 2 aliphatic rings. The topological polar surface area (TPSA) is 49.3 Å². The van der Waals surface area contributed by atoms with Crippen LogP contribution in [0.5, 0.6) is 5.75 Å². The highest BCUT2D eigenvalue weighted by Crippen LogP contribution is 2.28. The number of guanidine groups is 1. The molecule has 1 heterocycles. The van der Waals surface area contributed by atoms with Crippen LogP contribution in [0.15, 0.2) is 23.2 Å². The lowest BCUT2D eigenvalue weighted by Crippen LogP contribution is -2.52. The molecule has 1 aliphatic heterocycles. The van der Waals surface area contributed by atoms with Crippen LogP contribution < -0.4 is 10.1 Å². The average Bonchev–Trinajstić information content (AvgIpc) is 3.52. The van der Waals surface area contributed by atoms with Crippen molar-refractivity contribution in [1.82, 2.24) is 15.1 Å². The van der Waals surface area contributed by atoms with Gasteiger partial charge in [0.25, 0.3) is 0 Å². The van der Waals surface area contributed by atoms with Gasteiger partial charge in [0.15, 0.2) is 17.5 Å². The Morgan fingerprint density at radius 1 is 1.25 bits per heavy atom. The van der Waals surface area contributed by atoms with Crippen LogP contribution in [0.4, 0.5) is 4.39 Å². The number of nitrogens with one attached hydrogen (secondary N) is 1. The minimum Gasteiger partial charge on any atom is -0.494 e. The normalized spacial score (nSPS) is 18.4. The van der Waals surface area contributed by atoms with Crippen LogP contribution in [0.25, 0.3) is 0 Å². The molecule has 1 aromatic rings. The molecule has 6 nitrogen and oxygen atoms in total. The van der Waals surface area contributed by atoms with Gasteiger partial charge in [-0.2, -0.15) is 0 Å². The number of hydrogen-bond donors (Lipinski definition) is 1. The van der Waals surface area contributed by atoms with E-state index in [2.05, 4.69) is 22.0 Å². The molecule has 156 valence electrons. The predicted molar refractivity (Wildman–Crippen MR) is 109 cm³/mol. The van der Waals surface area contributed by atoms with Crippen molar-refractivity contribution in [1.29, 1.82) is 0 Å². The molecule has 0 radical (unpaired) electrons. The molecule has 7 heteroatoms. The van der Waals surface area contributed by atoms with Crippen LogP contribution in [-0.2, 0) is 11.3 Å². The zero-order chi connectivity index (χ0) is 19.8. The maximum Gasteiger partial charge on any atom is 0.194 e. The molecule has 1 aliphatic carbocycles. The lowest BCUT2D eigenvalue weighted by molar-refractivity contribution is 0.131. The number of aliphatic imine (C=N–C) groups is 1. The van der Waals surface area contributed by atoms with Crippen molar-refractivity contribution in [2.75, 3.05) is 59.6 Å². The molecule has 0 spiro atoms. The molecule has 1 aromatic carbocycles. The summed E-state index contributed by atoms with van der Waals surface area (Å²) in [5, 5.41) is 3.39. The Labute approximate surface area is 167 Å². The van der Waals surface area contributed by atoms with Crippen LogP contribution in [0, 0.1) is 11.7 Å². The molecule has 1 N–H and O–H groups in total. The summed E-state index contributed by atoms with van der Waals surface area (Å²) in [6, 6.07) is 5.20. The molecule has 28 heavy (non-hydrogen) atoms. The van der Waals surface area contributed by atoms with E-state index in [1.165, 1.54) is 20.0 Å². The van der Waals surface area contributed by atoms with Crippen molar-refractivity contribution in [3.63, 3.8) is 0 Å². The van der Waals surface area contributed by atoms with Crippen LogP contribution in [-0.4, -0.2) is 75.4 Å². The number of nitrogens with zero attached hydrogens (tertiary/aromatic N) is 3. The van der Waals surface area contributed by atoms with Crippen molar-refractivity contribution >= 4 is 5.96 Å². The third-order valence-corrected chi connectivity index (χ3v) is 5.18. The fourth-order valence-corrected chi connectivity index (χ4v) is 3.36. The number of benzene rings is 1. The van der Waals surface area contributed by atoms with E-state index in [-0.39, 0.29) is 5.82 Å². The summed E-state index contributed by atoms with van der Waals surface area (Å²) in [4.78, 5) is 9.37. The predicted octanol–water partition coefficient (Wildman–Crippen LogP) is 2.34. The maximum absolute atomic E-state index is 13.9. The van der Waals surface area contributed by atoms with Crippen molar-refractivity contribution in [2.45, 2.75) is 26.3 Å². The van der Waals surface area contributed by atoms with Gasteiger partial charge < -0.3 is 19.7 Å². The highest BCUT2D eigenvalue weighted by atomic mass is 19.1. The van der Waals surface area contributed by atoms with E-state index in [0.717, 1.165) is 63.3 Å². The molecule has 0 bridgehead atoms.